The van der Waals surface area contributed by atoms with Crippen LogP contribution >= 0.6 is 0 Å². The highest BCUT2D eigenvalue weighted by Crippen LogP contribution is 2.29. The number of benzene rings is 4. The number of urea groups is 1. The summed E-state index contributed by atoms with van der Waals surface area (Å²) in [5.74, 6) is -0.133. The van der Waals surface area contributed by atoms with Gasteiger partial charge in [-0.1, -0.05) is 73.7 Å². The van der Waals surface area contributed by atoms with Gasteiger partial charge < -0.3 is 35.0 Å². The molecule has 5 rings (SSSR count). The number of nitrogens with one attached hydrogen (secondary N) is 2. The lowest BCUT2D eigenvalue weighted by Crippen LogP contribution is -2.48. The zero-order chi connectivity index (χ0) is 36.3. The van der Waals surface area contributed by atoms with Gasteiger partial charge in [-0.2, -0.15) is 0 Å². The second-order valence-electron chi connectivity index (χ2n) is 13.6. The topological polar surface area (TPSA) is 120 Å². The molecular weight excluding hydrogens is 644 g/mol. The van der Waals surface area contributed by atoms with Crippen molar-refractivity contribution in [2.75, 3.05) is 44.0 Å². The first-order valence-electron chi connectivity index (χ1n) is 17.8. The van der Waals surface area contributed by atoms with Crippen LogP contribution in [0.1, 0.15) is 56.0 Å². The van der Waals surface area contributed by atoms with E-state index in [1.54, 1.807) is 42.0 Å². The Morgan fingerprint density at radius 2 is 1.71 bits per heavy atom. The van der Waals surface area contributed by atoms with Crippen LogP contribution in [0, 0.1) is 5.92 Å². The van der Waals surface area contributed by atoms with Crippen LogP contribution in [0.2, 0.25) is 0 Å². The fraction of sp³-hybridized carbons (Fsp3) is 0.390. The number of hydrogen-bond donors (Lipinski definition) is 3. The Morgan fingerprint density at radius 3 is 2.49 bits per heavy atom. The SMILES string of the molecule is C[C@H](CO)N1C[C@H](C)[C@H](CN(C)C(=O)Cc2ccccc2)OCCCC[C@H](C)Oc2ccc(NC(=O)Nc3cccc4ccccc34)cc2C1=O. The number of carbonyl (C=O) groups excluding carboxylic acids is 3. The lowest BCUT2D eigenvalue weighted by molar-refractivity contribution is -0.131. The quantitative estimate of drug-likeness (QED) is 0.183. The van der Waals surface area contributed by atoms with E-state index in [9.17, 15) is 19.5 Å². The third kappa shape index (κ3) is 10.1. The Hall–Kier alpha value is -4.93. The Kier molecular flexibility index (Phi) is 13.0. The first-order chi connectivity index (χ1) is 24.6. The number of anilines is 2. The minimum atomic E-state index is -0.525. The standard InChI is InChI=1S/C41H50N4O6/c1-28-25-45(29(2)27-46)40(48)35-24-33(42-41(49)43-36-19-12-17-32-16-8-9-18-34(32)36)20-21-37(35)51-30(3)13-10-11-22-50-38(28)26-44(4)39(47)23-31-14-6-5-7-15-31/h5-9,12,14-21,24,28-30,38,46H,10-11,13,22-23,25-27H2,1-4H3,(H2,42,43,49)/t28-,29+,30-,38-/m0/s1. The highest BCUT2D eigenvalue weighted by molar-refractivity contribution is 6.07. The molecule has 0 aromatic heterocycles. The van der Waals surface area contributed by atoms with Gasteiger partial charge in [0.05, 0.1) is 42.5 Å². The van der Waals surface area contributed by atoms with E-state index in [0.717, 1.165) is 35.6 Å². The summed E-state index contributed by atoms with van der Waals surface area (Å²) in [5.41, 5.74) is 2.31. The number of hydrogen-bond acceptors (Lipinski definition) is 6. The van der Waals surface area contributed by atoms with Crippen LogP contribution in [-0.4, -0.2) is 84.4 Å². The van der Waals surface area contributed by atoms with Crippen molar-refractivity contribution < 1.29 is 29.0 Å². The second kappa shape index (κ2) is 17.8. The molecule has 4 aromatic rings. The second-order valence-corrected chi connectivity index (χ2v) is 13.6. The zero-order valence-electron chi connectivity index (χ0n) is 30.0. The lowest BCUT2D eigenvalue weighted by Gasteiger charge is -2.36. The van der Waals surface area contributed by atoms with Gasteiger partial charge in [0, 0.05) is 43.7 Å². The molecule has 1 heterocycles. The Labute approximate surface area is 300 Å². The van der Waals surface area contributed by atoms with Crippen LogP contribution in [0.4, 0.5) is 16.2 Å². The van der Waals surface area contributed by atoms with E-state index < -0.39 is 12.1 Å². The third-order valence-corrected chi connectivity index (χ3v) is 9.42. The number of likely N-dealkylation sites (N-methyl/N-ethyl adjacent to an activating group) is 1. The first kappa shape index (κ1) is 37.3. The summed E-state index contributed by atoms with van der Waals surface area (Å²) in [6, 6.07) is 27.2. The van der Waals surface area contributed by atoms with Crippen molar-refractivity contribution in [3.8, 4) is 5.75 Å². The summed E-state index contributed by atoms with van der Waals surface area (Å²) in [5, 5.41) is 18.0. The van der Waals surface area contributed by atoms with E-state index >= 15 is 0 Å². The Balaban J connectivity index is 1.38. The maximum absolute atomic E-state index is 14.5. The average molecular weight is 695 g/mol. The van der Waals surface area contributed by atoms with E-state index in [-0.39, 0.29) is 55.1 Å². The van der Waals surface area contributed by atoms with Crippen molar-refractivity contribution in [1.82, 2.24) is 9.80 Å². The first-order valence-corrected chi connectivity index (χ1v) is 17.8. The highest BCUT2D eigenvalue weighted by atomic mass is 16.5. The van der Waals surface area contributed by atoms with Crippen molar-refractivity contribution in [1.29, 1.82) is 0 Å². The predicted molar refractivity (Wildman–Crippen MR) is 201 cm³/mol. The van der Waals surface area contributed by atoms with Gasteiger partial charge in [0.1, 0.15) is 5.75 Å². The fourth-order valence-corrected chi connectivity index (χ4v) is 6.36. The molecule has 0 unspecified atom stereocenters. The summed E-state index contributed by atoms with van der Waals surface area (Å²) in [4.78, 5) is 44.2. The van der Waals surface area contributed by atoms with Crippen molar-refractivity contribution >= 4 is 40.0 Å². The summed E-state index contributed by atoms with van der Waals surface area (Å²) in [6.07, 6.45) is 2.17. The van der Waals surface area contributed by atoms with Crippen molar-refractivity contribution in [2.45, 2.75) is 64.7 Å². The fourth-order valence-electron chi connectivity index (χ4n) is 6.36. The minimum Gasteiger partial charge on any atom is -0.490 e. The molecule has 3 N–H and O–H groups in total. The van der Waals surface area contributed by atoms with Gasteiger partial charge in [-0.3, -0.25) is 9.59 Å². The summed E-state index contributed by atoms with van der Waals surface area (Å²) >= 11 is 0. The largest absolute Gasteiger partial charge is 0.490 e. The number of fused-ring (bicyclic) bond motifs is 2. The maximum Gasteiger partial charge on any atom is 0.323 e. The van der Waals surface area contributed by atoms with E-state index in [4.69, 9.17) is 9.47 Å². The number of nitrogens with zero attached hydrogens (tertiary/aromatic N) is 2. The molecule has 0 saturated carbocycles. The predicted octanol–water partition coefficient (Wildman–Crippen LogP) is 6.98. The van der Waals surface area contributed by atoms with Crippen LogP contribution < -0.4 is 15.4 Å². The molecule has 10 nitrogen and oxygen atoms in total. The molecule has 4 aromatic carbocycles. The number of ether oxygens (including phenoxy) is 2. The Morgan fingerprint density at radius 1 is 0.961 bits per heavy atom. The minimum absolute atomic E-state index is 0.0162. The Bertz CT molecular complexity index is 1780. The van der Waals surface area contributed by atoms with Gasteiger partial charge in [-0.15, -0.1) is 0 Å². The van der Waals surface area contributed by atoms with Gasteiger partial charge >= 0.3 is 6.03 Å². The van der Waals surface area contributed by atoms with Crippen molar-refractivity contribution in [2.24, 2.45) is 5.92 Å². The van der Waals surface area contributed by atoms with Crippen molar-refractivity contribution in [3.63, 3.8) is 0 Å². The van der Waals surface area contributed by atoms with E-state index in [1.165, 1.54) is 0 Å². The number of aliphatic hydroxyl groups excluding tert-OH is 1. The molecule has 1 aliphatic heterocycles. The number of aliphatic hydroxyl groups is 1. The van der Waals surface area contributed by atoms with E-state index in [1.807, 2.05) is 86.6 Å². The smallest absolute Gasteiger partial charge is 0.323 e. The van der Waals surface area contributed by atoms with Crippen LogP contribution in [0.15, 0.2) is 91.0 Å². The summed E-state index contributed by atoms with van der Waals surface area (Å²) in [7, 11) is 1.78. The average Bonchev–Trinajstić information content (AvgIpc) is 3.13. The van der Waals surface area contributed by atoms with Gasteiger partial charge in [-0.05, 0) is 68.3 Å². The summed E-state index contributed by atoms with van der Waals surface area (Å²) < 4.78 is 12.7. The molecule has 270 valence electrons. The molecule has 0 spiro atoms. The third-order valence-electron chi connectivity index (χ3n) is 9.42. The normalized spacial score (nSPS) is 19.3. The number of rotatable bonds is 8. The molecule has 1 aliphatic rings. The number of carbonyl (C=O) groups is 3. The zero-order valence-corrected chi connectivity index (χ0v) is 30.0. The molecule has 0 radical (unpaired) electrons. The van der Waals surface area contributed by atoms with E-state index in [2.05, 4.69) is 10.6 Å². The lowest BCUT2D eigenvalue weighted by atomic mass is 10.0. The monoisotopic (exact) mass is 694 g/mol. The maximum atomic E-state index is 14.5. The van der Waals surface area contributed by atoms with Gasteiger partial charge in [-0.25, -0.2) is 4.79 Å². The van der Waals surface area contributed by atoms with Gasteiger partial charge in [0.25, 0.3) is 5.91 Å². The summed E-state index contributed by atoms with van der Waals surface area (Å²) in [6.45, 7) is 6.65. The van der Waals surface area contributed by atoms with Crippen LogP contribution in [0.5, 0.6) is 5.75 Å². The van der Waals surface area contributed by atoms with Crippen LogP contribution in [-0.2, 0) is 16.0 Å². The van der Waals surface area contributed by atoms with Crippen LogP contribution in [0.3, 0.4) is 0 Å². The van der Waals surface area contributed by atoms with Crippen molar-refractivity contribution in [3.05, 3.63) is 102 Å². The molecule has 4 amide bonds. The molecule has 0 aliphatic carbocycles. The highest BCUT2D eigenvalue weighted by Gasteiger charge is 2.31. The van der Waals surface area contributed by atoms with E-state index in [0.29, 0.717) is 30.3 Å². The molecule has 0 bridgehead atoms. The van der Waals surface area contributed by atoms with Crippen LogP contribution in [0.25, 0.3) is 10.8 Å². The molecule has 51 heavy (non-hydrogen) atoms. The number of amides is 4. The molecule has 10 heteroatoms. The van der Waals surface area contributed by atoms with Gasteiger partial charge in [0.15, 0.2) is 0 Å². The molecule has 0 saturated heterocycles. The molecule has 4 atom stereocenters. The molecular formula is C41H50N4O6. The van der Waals surface area contributed by atoms with Gasteiger partial charge in [0.2, 0.25) is 5.91 Å². The molecule has 0 fully saturated rings.